The molecule has 107 valence electrons. The van der Waals surface area contributed by atoms with E-state index in [-0.39, 0.29) is 5.69 Å². The number of aryl methyl sites for hydroxylation is 1. The van der Waals surface area contributed by atoms with E-state index >= 15 is 0 Å². The lowest BCUT2D eigenvalue weighted by Crippen LogP contribution is -2.17. The summed E-state index contributed by atoms with van der Waals surface area (Å²) < 4.78 is 78.3. The first-order valence-electron chi connectivity index (χ1n) is 5.30. The highest BCUT2D eigenvalue weighted by atomic mass is 19.4. The van der Waals surface area contributed by atoms with E-state index in [1.165, 1.54) is 7.05 Å². The number of rotatable bonds is 1. The molecule has 2 rings (SSSR count). The van der Waals surface area contributed by atoms with Gasteiger partial charge in [0.15, 0.2) is 0 Å². The predicted molar refractivity (Wildman–Crippen MR) is 57.5 cm³/mol. The Morgan fingerprint density at radius 2 is 1.70 bits per heavy atom. The minimum atomic E-state index is -5.14. The van der Waals surface area contributed by atoms with Gasteiger partial charge in [0, 0.05) is 12.6 Å². The fourth-order valence-corrected chi connectivity index (χ4v) is 1.81. The summed E-state index contributed by atoms with van der Waals surface area (Å²) in [6.07, 6.45) is -7.78. The quantitative estimate of drug-likeness (QED) is 0.729. The summed E-state index contributed by atoms with van der Waals surface area (Å²) in [6.45, 7) is 0. The first kappa shape index (κ1) is 14.4. The fourth-order valence-electron chi connectivity index (χ4n) is 1.81. The molecule has 0 aliphatic heterocycles. The first-order valence-corrected chi connectivity index (χ1v) is 5.30. The zero-order chi connectivity index (χ0) is 15.1. The molecule has 20 heavy (non-hydrogen) atoms. The van der Waals surface area contributed by atoms with Crippen molar-refractivity contribution in [2.45, 2.75) is 12.4 Å². The van der Waals surface area contributed by atoms with Crippen molar-refractivity contribution in [3.8, 4) is 11.3 Å². The SMILES string of the molecule is Cn1[c]cc(-c2cccc(C(F)(F)F)c2C(F)(F)F)n1. The molecule has 0 unspecified atom stereocenters. The lowest BCUT2D eigenvalue weighted by atomic mass is 9.98. The molecule has 1 aromatic heterocycles. The van der Waals surface area contributed by atoms with Crippen molar-refractivity contribution in [3.05, 3.63) is 41.6 Å². The minimum Gasteiger partial charge on any atom is -0.266 e. The summed E-state index contributed by atoms with van der Waals surface area (Å²) in [5, 5.41) is 3.67. The second-order valence-electron chi connectivity index (χ2n) is 4.01. The number of hydrogen-bond donors (Lipinski definition) is 0. The van der Waals surface area contributed by atoms with Crippen LogP contribution in [0.15, 0.2) is 24.3 Å². The lowest BCUT2D eigenvalue weighted by molar-refractivity contribution is -0.161. The van der Waals surface area contributed by atoms with Crippen LogP contribution in [-0.2, 0) is 19.4 Å². The Morgan fingerprint density at radius 3 is 2.15 bits per heavy atom. The zero-order valence-electron chi connectivity index (χ0n) is 9.97. The van der Waals surface area contributed by atoms with Gasteiger partial charge in [-0.1, -0.05) is 12.1 Å². The summed E-state index contributed by atoms with van der Waals surface area (Å²) in [5.41, 5.74) is -4.30. The molecule has 1 heterocycles. The number of halogens is 6. The predicted octanol–water partition coefficient (Wildman–Crippen LogP) is 3.92. The molecule has 0 saturated carbocycles. The maximum atomic E-state index is 13.0. The van der Waals surface area contributed by atoms with Gasteiger partial charge in [0.25, 0.3) is 0 Å². The summed E-state index contributed by atoms with van der Waals surface area (Å²) in [6, 6.07) is 3.38. The van der Waals surface area contributed by atoms with E-state index < -0.39 is 29.0 Å². The zero-order valence-corrected chi connectivity index (χ0v) is 9.97. The normalized spacial score (nSPS) is 12.8. The average molecular weight is 293 g/mol. The van der Waals surface area contributed by atoms with Crippen LogP contribution in [0.3, 0.4) is 0 Å². The molecular weight excluding hydrogens is 286 g/mol. The van der Waals surface area contributed by atoms with Gasteiger partial charge >= 0.3 is 12.4 Å². The topological polar surface area (TPSA) is 17.8 Å². The van der Waals surface area contributed by atoms with E-state index in [1.54, 1.807) is 0 Å². The molecular formula is C12H7F6N2. The smallest absolute Gasteiger partial charge is 0.266 e. The van der Waals surface area contributed by atoms with Crippen LogP contribution >= 0.6 is 0 Å². The van der Waals surface area contributed by atoms with Crippen molar-refractivity contribution in [1.29, 1.82) is 0 Å². The van der Waals surface area contributed by atoms with Crippen molar-refractivity contribution in [2.24, 2.45) is 7.05 Å². The highest BCUT2D eigenvalue weighted by Gasteiger charge is 2.45. The van der Waals surface area contributed by atoms with E-state index in [0.717, 1.165) is 22.9 Å². The van der Waals surface area contributed by atoms with Gasteiger partial charge in [-0.3, -0.25) is 4.68 Å². The average Bonchev–Trinajstić information content (AvgIpc) is 2.72. The van der Waals surface area contributed by atoms with E-state index in [4.69, 9.17) is 0 Å². The Kier molecular flexibility index (Phi) is 3.27. The molecule has 0 N–H and O–H groups in total. The minimum absolute atomic E-state index is 0.217. The third-order valence-electron chi connectivity index (χ3n) is 2.58. The molecule has 2 nitrogen and oxygen atoms in total. The molecule has 2 aromatic rings. The summed E-state index contributed by atoms with van der Waals surface area (Å²) >= 11 is 0. The third kappa shape index (κ3) is 2.63. The second kappa shape index (κ2) is 4.53. The van der Waals surface area contributed by atoms with Gasteiger partial charge in [0.1, 0.15) is 0 Å². The summed E-state index contributed by atoms with van der Waals surface area (Å²) in [4.78, 5) is 0. The van der Waals surface area contributed by atoms with Crippen LogP contribution in [0.2, 0.25) is 0 Å². The van der Waals surface area contributed by atoms with Gasteiger partial charge in [-0.05, 0) is 12.1 Å². The van der Waals surface area contributed by atoms with E-state index in [9.17, 15) is 26.3 Å². The van der Waals surface area contributed by atoms with Crippen molar-refractivity contribution in [3.63, 3.8) is 0 Å². The molecule has 1 aromatic carbocycles. The summed E-state index contributed by atoms with van der Waals surface area (Å²) in [5.74, 6) is 0. The van der Waals surface area contributed by atoms with Gasteiger partial charge in [-0.25, -0.2) is 0 Å². The highest BCUT2D eigenvalue weighted by molar-refractivity contribution is 5.66. The van der Waals surface area contributed by atoms with Gasteiger partial charge in [-0.2, -0.15) is 31.4 Å². The van der Waals surface area contributed by atoms with Crippen LogP contribution in [0.1, 0.15) is 11.1 Å². The Balaban J connectivity index is 2.76. The largest absolute Gasteiger partial charge is 0.417 e. The molecule has 0 saturated heterocycles. The van der Waals surface area contributed by atoms with Crippen LogP contribution in [-0.4, -0.2) is 9.78 Å². The van der Waals surface area contributed by atoms with E-state index in [1.807, 2.05) is 0 Å². The van der Waals surface area contributed by atoms with Crippen molar-refractivity contribution in [2.75, 3.05) is 0 Å². The standard InChI is InChI=1S/C12H7F6N2/c1-20-6-5-9(19-20)7-3-2-4-8(11(13,14)15)10(7)12(16,17)18/h2-5H,1H3. The molecule has 0 amide bonds. The maximum Gasteiger partial charge on any atom is 0.417 e. The molecule has 0 atom stereocenters. The lowest BCUT2D eigenvalue weighted by Gasteiger charge is -2.18. The first-order chi connectivity index (χ1) is 9.10. The van der Waals surface area contributed by atoms with Gasteiger partial charge < -0.3 is 0 Å². The summed E-state index contributed by atoms with van der Waals surface area (Å²) in [7, 11) is 1.41. The van der Waals surface area contributed by atoms with Crippen molar-refractivity contribution in [1.82, 2.24) is 9.78 Å². The molecule has 1 radical (unpaired) electrons. The molecule has 0 spiro atoms. The molecule has 0 aliphatic rings. The molecule has 0 aliphatic carbocycles. The molecule has 0 fully saturated rings. The van der Waals surface area contributed by atoms with E-state index in [0.29, 0.717) is 6.07 Å². The number of alkyl halides is 6. The molecule has 8 heteroatoms. The monoisotopic (exact) mass is 293 g/mol. The number of aromatic nitrogens is 2. The van der Waals surface area contributed by atoms with Crippen LogP contribution in [0.4, 0.5) is 26.3 Å². The Hall–Kier alpha value is -1.99. The Bertz CT molecular complexity index is 624. The highest BCUT2D eigenvalue weighted by Crippen LogP contribution is 2.44. The van der Waals surface area contributed by atoms with Crippen LogP contribution in [0.5, 0.6) is 0 Å². The van der Waals surface area contributed by atoms with Crippen molar-refractivity contribution < 1.29 is 26.3 Å². The van der Waals surface area contributed by atoms with E-state index in [2.05, 4.69) is 11.3 Å². The van der Waals surface area contributed by atoms with Gasteiger partial charge in [0.2, 0.25) is 0 Å². The van der Waals surface area contributed by atoms with Gasteiger partial charge in [0.05, 0.1) is 23.0 Å². The third-order valence-corrected chi connectivity index (χ3v) is 2.58. The van der Waals surface area contributed by atoms with Crippen LogP contribution in [0.25, 0.3) is 11.3 Å². The second-order valence-corrected chi connectivity index (χ2v) is 4.01. The molecule has 0 bridgehead atoms. The van der Waals surface area contributed by atoms with Crippen LogP contribution < -0.4 is 0 Å². The Labute approximate surface area is 109 Å². The number of hydrogen-bond acceptors (Lipinski definition) is 1. The fraction of sp³-hybridized carbons (Fsp3) is 0.250. The van der Waals surface area contributed by atoms with Crippen molar-refractivity contribution >= 4 is 0 Å². The Morgan fingerprint density at radius 1 is 1.05 bits per heavy atom. The number of nitrogens with zero attached hydrogens (tertiary/aromatic N) is 2. The maximum absolute atomic E-state index is 13.0. The van der Waals surface area contributed by atoms with Gasteiger partial charge in [-0.15, -0.1) is 0 Å². The number of benzene rings is 1. The van der Waals surface area contributed by atoms with Crippen LogP contribution in [0, 0.1) is 6.20 Å².